The molecule has 1 saturated heterocycles. The van der Waals surface area contributed by atoms with Crippen LogP contribution in [0.3, 0.4) is 0 Å². The van der Waals surface area contributed by atoms with Crippen LogP contribution in [-0.4, -0.2) is 30.7 Å². The van der Waals surface area contributed by atoms with Crippen LogP contribution in [0, 0.1) is 17.3 Å². The highest BCUT2D eigenvalue weighted by atomic mass is 16.5. The van der Waals surface area contributed by atoms with Gasteiger partial charge in [0, 0.05) is 24.0 Å². The van der Waals surface area contributed by atoms with Crippen LogP contribution < -0.4 is 11.1 Å². The van der Waals surface area contributed by atoms with Gasteiger partial charge in [-0.25, -0.2) is 0 Å². The fourth-order valence-corrected chi connectivity index (χ4v) is 4.59. The van der Waals surface area contributed by atoms with E-state index in [1.54, 1.807) is 0 Å². The molecule has 0 aromatic rings. The number of fused-ring (bicyclic) bond motifs is 1. The van der Waals surface area contributed by atoms with E-state index in [0.29, 0.717) is 11.8 Å². The molecule has 20 heavy (non-hydrogen) atoms. The first-order chi connectivity index (χ1) is 9.53. The topological polar surface area (TPSA) is 64.4 Å². The van der Waals surface area contributed by atoms with Crippen molar-refractivity contribution in [3.63, 3.8) is 0 Å². The zero-order valence-corrected chi connectivity index (χ0v) is 12.7. The molecule has 114 valence electrons. The molecule has 3 rings (SSSR count). The lowest BCUT2D eigenvalue weighted by Gasteiger charge is -2.47. The van der Waals surface area contributed by atoms with E-state index in [2.05, 4.69) is 19.2 Å². The van der Waals surface area contributed by atoms with Gasteiger partial charge in [0.25, 0.3) is 0 Å². The van der Waals surface area contributed by atoms with Crippen LogP contribution in [0.25, 0.3) is 0 Å². The Bertz CT molecular complexity index is 377. The minimum absolute atomic E-state index is 0.0413. The van der Waals surface area contributed by atoms with E-state index >= 15 is 0 Å². The first-order valence-electron chi connectivity index (χ1n) is 8.22. The summed E-state index contributed by atoms with van der Waals surface area (Å²) in [7, 11) is 0. The minimum atomic E-state index is -0.141. The summed E-state index contributed by atoms with van der Waals surface area (Å²) in [6, 6.07) is 0.128. The molecule has 0 aromatic carbocycles. The number of hydrogen-bond acceptors (Lipinski definition) is 3. The number of hydrogen-bond donors (Lipinski definition) is 2. The van der Waals surface area contributed by atoms with Crippen molar-refractivity contribution in [3.05, 3.63) is 0 Å². The molecular formula is C16H28N2O2. The van der Waals surface area contributed by atoms with E-state index < -0.39 is 0 Å². The van der Waals surface area contributed by atoms with Crippen LogP contribution >= 0.6 is 0 Å². The van der Waals surface area contributed by atoms with Gasteiger partial charge >= 0.3 is 0 Å². The number of carbonyl (C=O) groups excluding carboxylic acids is 1. The average Bonchev–Trinajstić information content (AvgIpc) is 3.02. The van der Waals surface area contributed by atoms with E-state index in [9.17, 15) is 4.79 Å². The summed E-state index contributed by atoms with van der Waals surface area (Å²) in [4.78, 5) is 12.8. The van der Waals surface area contributed by atoms with Crippen LogP contribution in [0.4, 0.5) is 0 Å². The molecule has 0 spiro atoms. The van der Waals surface area contributed by atoms with Gasteiger partial charge in [0.15, 0.2) is 0 Å². The lowest BCUT2D eigenvalue weighted by molar-refractivity contribution is -0.136. The number of nitrogens with one attached hydrogen (secondary N) is 1. The second-order valence-corrected chi connectivity index (χ2v) is 7.45. The van der Waals surface area contributed by atoms with Crippen LogP contribution in [-0.2, 0) is 9.53 Å². The van der Waals surface area contributed by atoms with Gasteiger partial charge < -0.3 is 15.8 Å². The molecule has 4 heteroatoms. The number of amides is 1. The monoisotopic (exact) mass is 280 g/mol. The average molecular weight is 280 g/mol. The molecule has 0 aromatic heterocycles. The Morgan fingerprint density at radius 3 is 2.75 bits per heavy atom. The highest BCUT2D eigenvalue weighted by Crippen LogP contribution is 2.45. The van der Waals surface area contributed by atoms with Gasteiger partial charge in [-0.3, -0.25) is 4.79 Å². The minimum Gasteiger partial charge on any atom is -0.376 e. The predicted molar refractivity (Wildman–Crippen MR) is 78.1 cm³/mol. The molecule has 2 aliphatic carbocycles. The van der Waals surface area contributed by atoms with Gasteiger partial charge in [-0.1, -0.05) is 26.7 Å². The van der Waals surface area contributed by atoms with Crippen molar-refractivity contribution in [2.24, 2.45) is 23.0 Å². The maximum Gasteiger partial charge on any atom is 0.226 e. The number of carbonyl (C=O) groups is 1. The summed E-state index contributed by atoms with van der Waals surface area (Å²) >= 11 is 0. The summed E-state index contributed by atoms with van der Waals surface area (Å²) in [5, 5.41) is 3.24. The standard InChI is InChI=1S/C16H28N2O2/c1-10(2)9-16(6-3-4-7-16)15(19)18-13-12(17)11-5-8-20-14(11)13/h10-14H,3-9,17H2,1-2H3,(H,18,19). The van der Waals surface area contributed by atoms with Gasteiger partial charge in [-0.05, 0) is 31.6 Å². The zero-order chi connectivity index (χ0) is 14.3. The fourth-order valence-electron chi connectivity index (χ4n) is 4.59. The molecule has 0 radical (unpaired) electrons. The predicted octanol–water partition coefficient (Wildman–Crippen LogP) is 1.82. The quantitative estimate of drug-likeness (QED) is 0.825. The summed E-state index contributed by atoms with van der Waals surface area (Å²) < 4.78 is 5.72. The van der Waals surface area contributed by atoms with Gasteiger partial charge in [0.1, 0.15) is 0 Å². The van der Waals surface area contributed by atoms with Crippen molar-refractivity contribution < 1.29 is 9.53 Å². The van der Waals surface area contributed by atoms with E-state index in [-0.39, 0.29) is 29.5 Å². The van der Waals surface area contributed by atoms with E-state index in [4.69, 9.17) is 10.5 Å². The number of rotatable bonds is 4. The van der Waals surface area contributed by atoms with Crippen LogP contribution in [0.5, 0.6) is 0 Å². The SMILES string of the molecule is CC(C)CC1(C(=O)NC2C(N)C3CCOC32)CCCC1. The maximum absolute atomic E-state index is 12.8. The Morgan fingerprint density at radius 1 is 1.40 bits per heavy atom. The Kier molecular flexibility index (Phi) is 3.80. The van der Waals surface area contributed by atoms with Crippen molar-refractivity contribution in [3.8, 4) is 0 Å². The molecule has 1 aliphatic heterocycles. The Morgan fingerprint density at radius 2 is 2.10 bits per heavy atom. The zero-order valence-electron chi connectivity index (χ0n) is 12.7. The third-order valence-corrected chi connectivity index (χ3v) is 5.59. The molecule has 3 aliphatic rings. The van der Waals surface area contributed by atoms with Gasteiger partial charge in [0.2, 0.25) is 5.91 Å². The molecule has 1 heterocycles. The van der Waals surface area contributed by atoms with Gasteiger partial charge in [0.05, 0.1) is 12.1 Å². The second-order valence-electron chi connectivity index (χ2n) is 7.45. The van der Waals surface area contributed by atoms with E-state index in [0.717, 1.165) is 32.3 Å². The molecule has 1 amide bonds. The molecule has 4 unspecified atom stereocenters. The van der Waals surface area contributed by atoms with E-state index in [1.807, 2.05) is 0 Å². The summed E-state index contributed by atoms with van der Waals surface area (Å²) in [6.45, 7) is 5.21. The highest BCUT2D eigenvalue weighted by molar-refractivity contribution is 5.83. The van der Waals surface area contributed by atoms with Crippen LogP contribution in [0.15, 0.2) is 0 Å². The van der Waals surface area contributed by atoms with Crippen molar-refractivity contribution >= 4 is 5.91 Å². The Hall–Kier alpha value is -0.610. The third-order valence-electron chi connectivity index (χ3n) is 5.59. The molecule has 3 fully saturated rings. The first kappa shape index (κ1) is 14.3. The number of ether oxygens (including phenoxy) is 1. The van der Waals surface area contributed by atoms with Gasteiger partial charge in [-0.15, -0.1) is 0 Å². The first-order valence-corrected chi connectivity index (χ1v) is 8.22. The summed E-state index contributed by atoms with van der Waals surface area (Å²) in [6.07, 6.45) is 6.65. The van der Waals surface area contributed by atoms with Crippen molar-refractivity contribution in [1.29, 1.82) is 0 Å². The maximum atomic E-state index is 12.8. The lowest BCUT2D eigenvalue weighted by Crippen LogP contribution is -2.70. The molecular weight excluding hydrogens is 252 g/mol. The van der Waals surface area contributed by atoms with E-state index in [1.165, 1.54) is 12.8 Å². The number of nitrogens with two attached hydrogens (primary N) is 1. The lowest BCUT2D eigenvalue weighted by atomic mass is 9.71. The smallest absolute Gasteiger partial charge is 0.226 e. The van der Waals surface area contributed by atoms with Crippen molar-refractivity contribution in [2.75, 3.05) is 6.61 Å². The normalized spacial score (nSPS) is 38.6. The molecule has 4 atom stereocenters. The molecule has 3 N–H and O–H groups in total. The fraction of sp³-hybridized carbons (Fsp3) is 0.938. The van der Waals surface area contributed by atoms with Crippen LogP contribution in [0.1, 0.15) is 52.4 Å². The third kappa shape index (κ3) is 2.27. The van der Waals surface area contributed by atoms with Crippen molar-refractivity contribution in [2.45, 2.75) is 70.6 Å². The summed E-state index contributed by atoms with van der Waals surface area (Å²) in [5.41, 5.74) is 6.06. The highest BCUT2D eigenvalue weighted by Gasteiger charge is 2.54. The summed E-state index contributed by atoms with van der Waals surface area (Å²) in [5.74, 6) is 1.26. The Balaban J connectivity index is 1.65. The van der Waals surface area contributed by atoms with Crippen molar-refractivity contribution in [1.82, 2.24) is 5.32 Å². The Labute approximate surface area is 121 Å². The molecule has 4 nitrogen and oxygen atoms in total. The molecule has 0 bridgehead atoms. The molecule has 2 saturated carbocycles. The van der Waals surface area contributed by atoms with Crippen LogP contribution in [0.2, 0.25) is 0 Å². The second kappa shape index (κ2) is 5.30. The van der Waals surface area contributed by atoms with Gasteiger partial charge in [-0.2, -0.15) is 0 Å². The largest absolute Gasteiger partial charge is 0.376 e.